The lowest BCUT2D eigenvalue weighted by atomic mass is 10.2. The average molecular weight is 322 g/mol. The van der Waals surface area contributed by atoms with E-state index in [1.807, 2.05) is 26.0 Å². The zero-order valence-corrected chi connectivity index (χ0v) is 12.8. The molecule has 0 radical (unpaired) electrons. The number of halogens is 3. The van der Waals surface area contributed by atoms with E-state index in [9.17, 15) is 13.2 Å². The highest BCUT2D eigenvalue weighted by Crippen LogP contribution is 2.31. The number of benzene rings is 2. The second-order valence-corrected chi connectivity index (χ2v) is 4.94. The molecule has 0 saturated heterocycles. The molecule has 23 heavy (non-hydrogen) atoms. The molecular weight excluding hydrogens is 305 g/mol. The summed E-state index contributed by atoms with van der Waals surface area (Å²) in [7, 11) is 0. The minimum absolute atomic E-state index is 0.0401. The van der Waals surface area contributed by atoms with E-state index in [4.69, 9.17) is 9.47 Å². The zero-order chi connectivity index (χ0) is 16.9. The van der Waals surface area contributed by atoms with Crippen LogP contribution in [0, 0.1) is 0 Å². The molecule has 122 valence electrons. The van der Waals surface area contributed by atoms with Crippen LogP contribution in [0.1, 0.15) is 19.4 Å². The number of allylic oxidation sites excluding steroid dienone is 1. The summed E-state index contributed by atoms with van der Waals surface area (Å²) in [5.41, 5.74) is -0.702. The largest absolute Gasteiger partial charge is 0.487 e. The Morgan fingerprint density at radius 1 is 0.870 bits per heavy atom. The number of hydrogen-bond acceptors (Lipinski definition) is 2. The van der Waals surface area contributed by atoms with Crippen LogP contribution < -0.4 is 9.47 Å². The van der Waals surface area contributed by atoms with Gasteiger partial charge in [0.25, 0.3) is 0 Å². The molecule has 2 rings (SSSR count). The Balaban J connectivity index is 2.01. The molecule has 0 N–H and O–H groups in total. The lowest BCUT2D eigenvalue weighted by molar-refractivity contribution is -0.137. The van der Waals surface area contributed by atoms with Gasteiger partial charge in [-0.1, -0.05) is 6.08 Å². The van der Waals surface area contributed by atoms with Crippen LogP contribution in [-0.2, 0) is 6.18 Å². The maximum absolute atomic E-state index is 12.5. The van der Waals surface area contributed by atoms with Crippen molar-refractivity contribution in [2.75, 3.05) is 0 Å². The summed E-state index contributed by atoms with van der Waals surface area (Å²) in [5, 5.41) is 0. The number of ether oxygens (including phenoxy) is 2. The third-order valence-electron chi connectivity index (χ3n) is 3.03. The lowest BCUT2D eigenvalue weighted by Crippen LogP contribution is -2.07. The van der Waals surface area contributed by atoms with Crippen molar-refractivity contribution >= 4 is 0 Å². The minimum Gasteiger partial charge on any atom is -0.487 e. The van der Waals surface area contributed by atoms with Gasteiger partial charge in [-0.05, 0) is 68.5 Å². The molecule has 2 aromatic rings. The van der Waals surface area contributed by atoms with E-state index in [1.165, 1.54) is 12.1 Å². The molecule has 1 atom stereocenters. The summed E-state index contributed by atoms with van der Waals surface area (Å²) in [6.07, 6.45) is -0.553. The Bertz CT molecular complexity index is 643. The molecule has 2 nitrogen and oxygen atoms in total. The van der Waals surface area contributed by atoms with Gasteiger partial charge in [-0.15, -0.1) is 0 Å². The summed E-state index contributed by atoms with van der Waals surface area (Å²) in [5.74, 6) is 1.56. The van der Waals surface area contributed by atoms with Crippen LogP contribution in [-0.4, -0.2) is 6.10 Å². The second-order valence-electron chi connectivity index (χ2n) is 4.94. The first-order valence-corrected chi connectivity index (χ1v) is 7.13. The summed E-state index contributed by atoms with van der Waals surface area (Å²) >= 11 is 0. The summed E-state index contributed by atoms with van der Waals surface area (Å²) < 4.78 is 48.6. The van der Waals surface area contributed by atoms with Gasteiger partial charge in [-0.3, -0.25) is 0 Å². The van der Waals surface area contributed by atoms with Gasteiger partial charge in [0.1, 0.15) is 23.4 Å². The van der Waals surface area contributed by atoms with E-state index in [0.717, 1.165) is 12.1 Å². The first-order chi connectivity index (χ1) is 10.9. The van der Waals surface area contributed by atoms with Crippen LogP contribution >= 0.6 is 0 Å². The van der Waals surface area contributed by atoms with Gasteiger partial charge in [-0.2, -0.15) is 13.2 Å². The van der Waals surface area contributed by atoms with Gasteiger partial charge in [-0.25, -0.2) is 0 Å². The van der Waals surface area contributed by atoms with Crippen molar-refractivity contribution in [3.05, 3.63) is 66.2 Å². The van der Waals surface area contributed by atoms with Gasteiger partial charge in [0.2, 0.25) is 0 Å². The fourth-order valence-electron chi connectivity index (χ4n) is 1.96. The Labute approximate surface area is 133 Å². The molecule has 0 fully saturated rings. The summed E-state index contributed by atoms with van der Waals surface area (Å²) in [6, 6.07) is 11.5. The molecule has 5 heteroatoms. The van der Waals surface area contributed by atoms with E-state index in [-0.39, 0.29) is 6.10 Å². The summed E-state index contributed by atoms with van der Waals surface area (Å²) in [4.78, 5) is 0. The second kappa shape index (κ2) is 7.22. The predicted octanol–water partition coefficient (Wildman–Crippen LogP) is 5.84. The van der Waals surface area contributed by atoms with Crippen LogP contribution in [0.15, 0.2) is 60.7 Å². The van der Waals surface area contributed by atoms with Crippen molar-refractivity contribution in [1.29, 1.82) is 0 Å². The molecule has 0 aliphatic rings. The molecule has 0 bridgehead atoms. The molecule has 0 aliphatic heterocycles. The monoisotopic (exact) mass is 322 g/mol. The third-order valence-corrected chi connectivity index (χ3v) is 3.03. The summed E-state index contributed by atoms with van der Waals surface area (Å²) in [6.45, 7) is 3.84. The highest BCUT2D eigenvalue weighted by Gasteiger charge is 2.30. The standard InChI is InChI=1S/C18H17F3O2/c1-3-4-13(2)22-15-9-11-17(12-10-15)23-16-7-5-14(6-8-16)18(19,20)21/h3-13H,1-2H3/t13-/m0/s1. The number of rotatable bonds is 5. The Morgan fingerprint density at radius 3 is 1.83 bits per heavy atom. The minimum atomic E-state index is -4.35. The maximum Gasteiger partial charge on any atom is 0.416 e. The predicted molar refractivity (Wildman–Crippen MR) is 82.9 cm³/mol. The number of alkyl halides is 3. The van der Waals surface area contributed by atoms with Crippen LogP contribution in [0.2, 0.25) is 0 Å². The van der Waals surface area contributed by atoms with Crippen LogP contribution in [0.4, 0.5) is 13.2 Å². The topological polar surface area (TPSA) is 18.5 Å². The van der Waals surface area contributed by atoms with Crippen LogP contribution in [0.25, 0.3) is 0 Å². The Kier molecular flexibility index (Phi) is 5.32. The van der Waals surface area contributed by atoms with Crippen LogP contribution in [0.5, 0.6) is 17.2 Å². The van der Waals surface area contributed by atoms with Crippen molar-refractivity contribution in [2.24, 2.45) is 0 Å². The molecular formula is C18H17F3O2. The van der Waals surface area contributed by atoms with Crippen molar-refractivity contribution in [1.82, 2.24) is 0 Å². The molecule has 0 unspecified atom stereocenters. The fourth-order valence-corrected chi connectivity index (χ4v) is 1.96. The highest BCUT2D eigenvalue weighted by atomic mass is 19.4. The van der Waals surface area contributed by atoms with Crippen molar-refractivity contribution in [3.63, 3.8) is 0 Å². The highest BCUT2D eigenvalue weighted by molar-refractivity contribution is 5.36. The average Bonchev–Trinajstić information content (AvgIpc) is 2.49. The van der Waals surface area contributed by atoms with E-state index < -0.39 is 11.7 Å². The quantitative estimate of drug-likeness (QED) is 0.644. The molecule has 0 aromatic heterocycles. The van der Waals surface area contributed by atoms with Gasteiger partial charge in [0.05, 0.1) is 5.56 Å². The first-order valence-electron chi connectivity index (χ1n) is 7.13. The SMILES string of the molecule is CC=C[C@H](C)Oc1ccc(Oc2ccc(C(F)(F)F)cc2)cc1. The Hall–Kier alpha value is -2.43. The van der Waals surface area contributed by atoms with Crippen molar-refractivity contribution in [3.8, 4) is 17.2 Å². The van der Waals surface area contributed by atoms with Gasteiger partial charge < -0.3 is 9.47 Å². The molecule has 0 saturated carbocycles. The normalized spacial score (nSPS) is 13.1. The number of hydrogen-bond donors (Lipinski definition) is 0. The lowest BCUT2D eigenvalue weighted by Gasteiger charge is -2.12. The van der Waals surface area contributed by atoms with E-state index in [2.05, 4.69) is 0 Å². The van der Waals surface area contributed by atoms with Gasteiger partial charge in [0.15, 0.2) is 0 Å². The van der Waals surface area contributed by atoms with Gasteiger partial charge >= 0.3 is 6.18 Å². The molecule has 0 amide bonds. The van der Waals surface area contributed by atoms with Crippen molar-refractivity contribution in [2.45, 2.75) is 26.1 Å². The molecule has 0 aliphatic carbocycles. The molecule has 2 aromatic carbocycles. The van der Waals surface area contributed by atoms with E-state index >= 15 is 0 Å². The molecule has 0 spiro atoms. The van der Waals surface area contributed by atoms with Gasteiger partial charge in [0, 0.05) is 0 Å². The zero-order valence-electron chi connectivity index (χ0n) is 12.8. The van der Waals surface area contributed by atoms with Crippen molar-refractivity contribution < 1.29 is 22.6 Å². The van der Waals surface area contributed by atoms with E-state index in [1.54, 1.807) is 24.3 Å². The third kappa shape index (κ3) is 5.06. The fraction of sp³-hybridized carbons (Fsp3) is 0.222. The van der Waals surface area contributed by atoms with E-state index in [0.29, 0.717) is 17.2 Å². The maximum atomic E-state index is 12.5. The molecule has 0 heterocycles. The first kappa shape index (κ1) is 16.9. The van der Waals surface area contributed by atoms with Crippen LogP contribution in [0.3, 0.4) is 0 Å². The smallest absolute Gasteiger partial charge is 0.416 e. The Morgan fingerprint density at radius 2 is 1.35 bits per heavy atom.